The lowest BCUT2D eigenvalue weighted by Crippen LogP contribution is -2.16. The maximum atomic E-state index is 12.4. The van der Waals surface area contributed by atoms with E-state index < -0.39 is 5.97 Å². The van der Waals surface area contributed by atoms with Crippen molar-refractivity contribution in [1.29, 1.82) is 0 Å². The standard InChI is InChI=1S/C29H27NO5/c1-2-3-16-34-24-14-10-22-19-25(15-11-21(22)18-24)35-23-12-8-20(9-13-23)17-28(31)30-27-7-5-4-6-26(27)29(32)33/h4-15,18-19H,2-3,16-17H2,1H3,(H,30,31)(H,32,33). The highest BCUT2D eigenvalue weighted by molar-refractivity contribution is 6.01. The van der Waals surface area contributed by atoms with E-state index in [9.17, 15) is 14.7 Å². The Kier molecular flexibility index (Phi) is 7.63. The summed E-state index contributed by atoms with van der Waals surface area (Å²) < 4.78 is 11.8. The number of anilines is 1. The van der Waals surface area contributed by atoms with Crippen molar-refractivity contribution in [3.63, 3.8) is 0 Å². The van der Waals surface area contributed by atoms with Crippen LogP contribution >= 0.6 is 0 Å². The Bertz CT molecular complexity index is 1330. The van der Waals surface area contributed by atoms with Crippen LogP contribution in [0, 0.1) is 0 Å². The number of carboxylic acids is 1. The number of amides is 1. The molecule has 0 aromatic heterocycles. The molecule has 4 aromatic carbocycles. The highest BCUT2D eigenvalue weighted by atomic mass is 16.5. The number of para-hydroxylation sites is 1. The zero-order valence-corrected chi connectivity index (χ0v) is 19.5. The van der Waals surface area contributed by atoms with E-state index in [1.54, 1.807) is 18.2 Å². The monoisotopic (exact) mass is 469 g/mol. The van der Waals surface area contributed by atoms with Gasteiger partial charge in [-0.1, -0.05) is 49.7 Å². The van der Waals surface area contributed by atoms with E-state index in [0.29, 0.717) is 11.5 Å². The lowest BCUT2D eigenvalue weighted by Gasteiger charge is -2.10. The van der Waals surface area contributed by atoms with Crippen LogP contribution in [0.4, 0.5) is 5.69 Å². The van der Waals surface area contributed by atoms with Crippen LogP contribution < -0.4 is 14.8 Å². The summed E-state index contributed by atoms with van der Waals surface area (Å²) in [6.45, 7) is 2.86. The van der Waals surface area contributed by atoms with Gasteiger partial charge < -0.3 is 19.9 Å². The van der Waals surface area contributed by atoms with Crippen LogP contribution in [0.2, 0.25) is 0 Å². The summed E-state index contributed by atoms with van der Waals surface area (Å²) in [5.74, 6) is 0.861. The molecule has 0 heterocycles. The number of carbonyl (C=O) groups excluding carboxylic acids is 1. The van der Waals surface area contributed by atoms with E-state index in [1.807, 2.05) is 60.7 Å². The van der Waals surface area contributed by atoms with E-state index in [0.717, 1.165) is 41.5 Å². The molecular formula is C29H27NO5. The van der Waals surface area contributed by atoms with E-state index in [1.165, 1.54) is 6.07 Å². The average Bonchev–Trinajstić information content (AvgIpc) is 2.85. The topological polar surface area (TPSA) is 84.9 Å². The summed E-state index contributed by atoms with van der Waals surface area (Å²) in [6.07, 6.45) is 2.25. The second-order valence-corrected chi connectivity index (χ2v) is 8.19. The van der Waals surface area contributed by atoms with Crippen molar-refractivity contribution in [1.82, 2.24) is 0 Å². The minimum Gasteiger partial charge on any atom is -0.494 e. The molecule has 4 aromatic rings. The number of ether oxygens (including phenoxy) is 2. The fraction of sp³-hybridized carbons (Fsp3) is 0.172. The summed E-state index contributed by atoms with van der Waals surface area (Å²) in [5.41, 5.74) is 1.12. The highest BCUT2D eigenvalue weighted by Crippen LogP contribution is 2.28. The fourth-order valence-corrected chi connectivity index (χ4v) is 3.66. The third kappa shape index (κ3) is 6.38. The molecule has 1 amide bonds. The van der Waals surface area contributed by atoms with Gasteiger partial charge in [-0.25, -0.2) is 4.79 Å². The Hall–Kier alpha value is -4.32. The predicted molar refractivity (Wildman–Crippen MR) is 137 cm³/mol. The number of rotatable bonds is 10. The number of hydrogen-bond donors (Lipinski definition) is 2. The number of nitrogens with one attached hydrogen (secondary N) is 1. The second kappa shape index (κ2) is 11.2. The normalized spacial score (nSPS) is 10.7. The molecule has 178 valence electrons. The van der Waals surface area contributed by atoms with Crippen molar-refractivity contribution in [2.24, 2.45) is 0 Å². The molecule has 0 fully saturated rings. The largest absolute Gasteiger partial charge is 0.494 e. The van der Waals surface area contributed by atoms with Gasteiger partial charge in [0.15, 0.2) is 0 Å². The first-order valence-corrected chi connectivity index (χ1v) is 11.6. The van der Waals surface area contributed by atoms with E-state index in [2.05, 4.69) is 12.2 Å². The first-order valence-electron chi connectivity index (χ1n) is 11.6. The highest BCUT2D eigenvalue weighted by Gasteiger charge is 2.12. The Morgan fingerprint density at radius 1 is 0.829 bits per heavy atom. The molecular weight excluding hydrogens is 442 g/mol. The predicted octanol–water partition coefficient (Wildman–Crippen LogP) is 6.69. The van der Waals surface area contributed by atoms with Crippen LogP contribution in [0.25, 0.3) is 10.8 Å². The SMILES string of the molecule is CCCCOc1ccc2cc(Oc3ccc(CC(=O)Nc4ccccc4C(=O)O)cc3)ccc2c1. The Morgan fingerprint density at radius 3 is 2.20 bits per heavy atom. The van der Waals surface area contributed by atoms with Gasteiger partial charge in [-0.2, -0.15) is 0 Å². The number of hydrogen-bond acceptors (Lipinski definition) is 4. The maximum absolute atomic E-state index is 12.4. The number of benzene rings is 4. The molecule has 6 nitrogen and oxygen atoms in total. The van der Waals surface area contributed by atoms with Gasteiger partial charge in [-0.05, 0) is 71.3 Å². The van der Waals surface area contributed by atoms with E-state index in [-0.39, 0.29) is 23.6 Å². The van der Waals surface area contributed by atoms with Crippen LogP contribution in [-0.2, 0) is 11.2 Å². The lowest BCUT2D eigenvalue weighted by molar-refractivity contribution is -0.115. The minimum absolute atomic E-state index is 0.0558. The molecule has 0 bridgehead atoms. The number of carbonyl (C=O) groups is 2. The number of aromatic carboxylic acids is 1. The molecule has 6 heteroatoms. The van der Waals surface area contributed by atoms with Gasteiger partial charge >= 0.3 is 5.97 Å². The Labute approximate surface area is 204 Å². The smallest absolute Gasteiger partial charge is 0.337 e. The number of carboxylic acid groups (broad SMARTS) is 1. The van der Waals surface area contributed by atoms with Crippen molar-refractivity contribution >= 4 is 28.3 Å². The van der Waals surface area contributed by atoms with Crippen LogP contribution in [0.3, 0.4) is 0 Å². The Morgan fingerprint density at radius 2 is 1.49 bits per heavy atom. The maximum Gasteiger partial charge on any atom is 0.337 e. The minimum atomic E-state index is -1.09. The molecule has 4 rings (SSSR count). The van der Waals surface area contributed by atoms with Gasteiger partial charge in [0.1, 0.15) is 17.2 Å². The summed E-state index contributed by atoms with van der Waals surface area (Å²) in [4.78, 5) is 23.7. The summed E-state index contributed by atoms with van der Waals surface area (Å²) in [6, 6.07) is 25.5. The van der Waals surface area contributed by atoms with Crippen LogP contribution in [0.1, 0.15) is 35.7 Å². The van der Waals surface area contributed by atoms with Crippen LogP contribution in [0.5, 0.6) is 17.2 Å². The van der Waals surface area contributed by atoms with Gasteiger partial charge in [0.2, 0.25) is 5.91 Å². The van der Waals surface area contributed by atoms with Gasteiger partial charge in [-0.15, -0.1) is 0 Å². The average molecular weight is 470 g/mol. The fourth-order valence-electron chi connectivity index (χ4n) is 3.66. The summed E-state index contributed by atoms with van der Waals surface area (Å²) >= 11 is 0. The zero-order valence-electron chi connectivity index (χ0n) is 19.5. The molecule has 0 spiro atoms. The molecule has 0 saturated heterocycles. The van der Waals surface area contributed by atoms with Crippen LogP contribution in [-0.4, -0.2) is 23.6 Å². The van der Waals surface area contributed by atoms with Gasteiger partial charge in [0, 0.05) is 0 Å². The molecule has 2 N–H and O–H groups in total. The van der Waals surface area contributed by atoms with Gasteiger partial charge in [0.05, 0.1) is 24.3 Å². The third-order valence-electron chi connectivity index (χ3n) is 5.51. The number of unbranched alkanes of at least 4 members (excludes halogenated alkanes) is 1. The van der Waals surface area contributed by atoms with E-state index in [4.69, 9.17) is 9.47 Å². The molecule has 0 saturated carbocycles. The Balaban J connectivity index is 1.37. The quantitative estimate of drug-likeness (QED) is 0.253. The second-order valence-electron chi connectivity index (χ2n) is 8.19. The van der Waals surface area contributed by atoms with Crippen molar-refractivity contribution in [2.75, 3.05) is 11.9 Å². The molecule has 0 unspecified atom stereocenters. The molecule has 0 atom stereocenters. The first-order chi connectivity index (χ1) is 17.0. The van der Waals surface area contributed by atoms with Crippen molar-refractivity contribution in [2.45, 2.75) is 26.2 Å². The van der Waals surface area contributed by atoms with E-state index >= 15 is 0 Å². The summed E-state index contributed by atoms with van der Waals surface area (Å²) in [5, 5.41) is 14.1. The molecule has 35 heavy (non-hydrogen) atoms. The van der Waals surface area contributed by atoms with Crippen molar-refractivity contribution in [3.05, 3.63) is 96.1 Å². The van der Waals surface area contributed by atoms with Crippen molar-refractivity contribution < 1.29 is 24.2 Å². The molecule has 0 aliphatic rings. The number of fused-ring (bicyclic) bond motifs is 1. The van der Waals surface area contributed by atoms with Gasteiger partial charge in [-0.3, -0.25) is 4.79 Å². The molecule has 0 radical (unpaired) electrons. The molecule has 0 aliphatic heterocycles. The lowest BCUT2D eigenvalue weighted by atomic mass is 10.1. The first kappa shape index (κ1) is 23.8. The van der Waals surface area contributed by atoms with Crippen molar-refractivity contribution in [3.8, 4) is 17.2 Å². The van der Waals surface area contributed by atoms with Crippen LogP contribution in [0.15, 0.2) is 84.9 Å². The summed E-state index contributed by atoms with van der Waals surface area (Å²) in [7, 11) is 0. The third-order valence-corrected chi connectivity index (χ3v) is 5.51. The molecule has 0 aliphatic carbocycles. The zero-order chi connectivity index (χ0) is 24.6. The van der Waals surface area contributed by atoms with Gasteiger partial charge in [0.25, 0.3) is 0 Å².